The quantitative estimate of drug-likeness (QED) is 0.694. The van der Waals surface area contributed by atoms with Crippen LogP contribution in [0.2, 0.25) is 0 Å². The van der Waals surface area contributed by atoms with E-state index < -0.39 is 11.9 Å². The Morgan fingerprint density at radius 3 is 2.70 bits per heavy atom. The Morgan fingerprint density at radius 1 is 1.11 bits per heavy atom. The van der Waals surface area contributed by atoms with Crippen molar-refractivity contribution < 1.29 is 22.3 Å². The fraction of sp³-hybridized carbons (Fsp3) is 0.278. The van der Waals surface area contributed by atoms with Crippen LogP contribution in [0.5, 0.6) is 0 Å². The lowest BCUT2D eigenvalue weighted by atomic mass is 10.2. The first-order valence-electron chi connectivity index (χ1n) is 8.28. The SMILES string of the molecule is FC(F)(F)c1cc(N2CCOC(c3ccco3)C2)nc(-c2ccccn2)n1. The van der Waals surface area contributed by atoms with Crippen LogP contribution in [-0.2, 0) is 10.9 Å². The van der Waals surface area contributed by atoms with Crippen LogP contribution >= 0.6 is 0 Å². The van der Waals surface area contributed by atoms with Crippen LogP contribution in [0.25, 0.3) is 11.5 Å². The van der Waals surface area contributed by atoms with Gasteiger partial charge in [0.1, 0.15) is 23.4 Å². The zero-order chi connectivity index (χ0) is 18.9. The molecule has 9 heteroatoms. The highest BCUT2D eigenvalue weighted by Crippen LogP contribution is 2.33. The third kappa shape index (κ3) is 3.77. The maximum absolute atomic E-state index is 13.4. The van der Waals surface area contributed by atoms with E-state index in [9.17, 15) is 13.2 Å². The van der Waals surface area contributed by atoms with Crippen molar-refractivity contribution in [2.75, 3.05) is 24.6 Å². The fourth-order valence-electron chi connectivity index (χ4n) is 2.86. The van der Waals surface area contributed by atoms with Gasteiger partial charge in [0.2, 0.25) is 0 Å². The van der Waals surface area contributed by atoms with Gasteiger partial charge in [0.05, 0.1) is 19.4 Å². The summed E-state index contributed by atoms with van der Waals surface area (Å²) in [4.78, 5) is 13.8. The summed E-state index contributed by atoms with van der Waals surface area (Å²) >= 11 is 0. The average molecular weight is 376 g/mol. The van der Waals surface area contributed by atoms with Gasteiger partial charge >= 0.3 is 6.18 Å². The predicted molar refractivity (Wildman–Crippen MR) is 89.9 cm³/mol. The summed E-state index contributed by atoms with van der Waals surface area (Å²) in [5.74, 6) is 0.731. The monoisotopic (exact) mass is 376 g/mol. The Kier molecular flexibility index (Phi) is 4.53. The van der Waals surface area contributed by atoms with E-state index in [1.54, 1.807) is 35.2 Å². The largest absolute Gasteiger partial charge is 0.467 e. The molecule has 27 heavy (non-hydrogen) atoms. The molecule has 0 radical (unpaired) electrons. The second kappa shape index (κ2) is 6.99. The summed E-state index contributed by atoms with van der Waals surface area (Å²) in [6.07, 6.45) is -1.95. The molecule has 0 spiro atoms. The van der Waals surface area contributed by atoms with Crippen molar-refractivity contribution in [3.63, 3.8) is 0 Å². The Bertz CT molecular complexity index is 901. The Morgan fingerprint density at radius 2 is 2.00 bits per heavy atom. The summed E-state index contributed by atoms with van der Waals surface area (Å²) in [7, 11) is 0. The van der Waals surface area contributed by atoms with Crippen molar-refractivity contribution in [3.05, 3.63) is 60.3 Å². The Labute approximate surface area is 152 Å². The first-order chi connectivity index (χ1) is 13.0. The number of furan rings is 1. The predicted octanol–water partition coefficient (Wildman–Crippen LogP) is 3.73. The average Bonchev–Trinajstić information content (AvgIpc) is 3.23. The lowest BCUT2D eigenvalue weighted by molar-refractivity contribution is -0.141. The minimum absolute atomic E-state index is 0.0681. The summed E-state index contributed by atoms with van der Waals surface area (Å²) < 4.78 is 51.1. The van der Waals surface area contributed by atoms with Gasteiger partial charge in [-0.05, 0) is 24.3 Å². The number of ether oxygens (including phenoxy) is 1. The summed E-state index contributed by atoms with van der Waals surface area (Å²) in [6, 6.07) is 9.39. The van der Waals surface area contributed by atoms with Gasteiger partial charge in [0.25, 0.3) is 0 Å². The Balaban J connectivity index is 1.71. The van der Waals surface area contributed by atoms with E-state index in [0.717, 1.165) is 6.07 Å². The third-order valence-corrected chi connectivity index (χ3v) is 4.15. The second-order valence-electron chi connectivity index (χ2n) is 5.97. The zero-order valence-electron chi connectivity index (χ0n) is 14.1. The molecule has 1 saturated heterocycles. The number of nitrogens with zero attached hydrogens (tertiary/aromatic N) is 4. The van der Waals surface area contributed by atoms with Crippen molar-refractivity contribution in [3.8, 4) is 11.5 Å². The highest BCUT2D eigenvalue weighted by molar-refractivity contribution is 5.54. The fourth-order valence-corrected chi connectivity index (χ4v) is 2.86. The maximum Gasteiger partial charge on any atom is 0.433 e. The zero-order valence-corrected chi connectivity index (χ0v) is 14.1. The highest BCUT2D eigenvalue weighted by atomic mass is 19.4. The second-order valence-corrected chi connectivity index (χ2v) is 5.97. The summed E-state index contributed by atoms with van der Waals surface area (Å²) in [5, 5.41) is 0. The van der Waals surface area contributed by atoms with Crippen LogP contribution in [-0.4, -0.2) is 34.6 Å². The van der Waals surface area contributed by atoms with Crippen molar-refractivity contribution in [1.82, 2.24) is 15.0 Å². The van der Waals surface area contributed by atoms with Crippen LogP contribution in [0.1, 0.15) is 17.6 Å². The molecule has 0 saturated carbocycles. The van der Waals surface area contributed by atoms with E-state index in [0.29, 0.717) is 25.5 Å². The number of anilines is 1. The van der Waals surface area contributed by atoms with Crippen LogP contribution in [0.4, 0.5) is 19.0 Å². The van der Waals surface area contributed by atoms with Crippen LogP contribution in [0.3, 0.4) is 0 Å². The number of halogens is 3. The lowest BCUT2D eigenvalue weighted by Crippen LogP contribution is -2.39. The minimum atomic E-state index is -4.59. The molecule has 6 nitrogen and oxygen atoms in total. The molecule has 0 N–H and O–H groups in total. The van der Waals surface area contributed by atoms with Gasteiger partial charge < -0.3 is 14.1 Å². The molecule has 4 rings (SSSR count). The topological polar surface area (TPSA) is 64.3 Å². The molecule has 3 aromatic rings. The van der Waals surface area contributed by atoms with Gasteiger partial charge in [-0.1, -0.05) is 6.07 Å². The van der Waals surface area contributed by atoms with Crippen molar-refractivity contribution in [2.45, 2.75) is 12.3 Å². The van der Waals surface area contributed by atoms with Crippen LogP contribution in [0, 0.1) is 0 Å². The molecule has 1 aliphatic rings. The van der Waals surface area contributed by atoms with E-state index in [2.05, 4.69) is 15.0 Å². The molecule has 0 amide bonds. The number of pyridine rings is 1. The van der Waals surface area contributed by atoms with E-state index in [4.69, 9.17) is 9.15 Å². The molecule has 1 fully saturated rings. The number of rotatable bonds is 3. The van der Waals surface area contributed by atoms with Gasteiger partial charge in [0.15, 0.2) is 11.5 Å². The number of alkyl halides is 3. The molecule has 1 aliphatic heterocycles. The number of morpholine rings is 1. The third-order valence-electron chi connectivity index (χ3n) is 4.15. The van der Waals surface area contributed by atoms with Gasteiger partial charge in [0, 0.05) is 18.8 Å². The number of hydrogen-bond acceptors (Lipinski definition) is 6. The summed E-state index contributed by atoms with van der Waals surface area (Å²) in [5.41, 5.74) is -0.727. The summed E-state index contributed by atoms with van der Waals surface area (Å²) in [6.45, 7) is 1.08. The van der Waals surface area contributed by atoms with Crippen molar-refractivity contribution in [1.29, 1.82) is 0 Å². The van der Waals surface area contributed by atoms with Crippen molar-refractivity contribution >= 4 is 5.82 Å². The van der Waals surface area contributed by atoms with Crippen LogP contribution in [0.15, 0.2) is 53.3 Å². The normalized spacial score (nSPS) is 17.9. The molecule has 4 heterocycles. The maximum atomic E-state index is 13.4. The van der Waals surface area contributed by atoms with Gasteiger partial charge in [-0.2, -0.15) is 13.2 Å². The lowest BCUT2D eigenvalue weighted by Gasteiger charge is -2.33. The van der Waals surface area contributed by atoms with Gasteiger partial charge in [-0.3, -0.25) is 4.98 Å². The van der Waals surface area contributed by atoms with E-state index in [1.807, 2.05) is 0 Å². The molecule has 1 unspecified atom stereocenters. The van der Waals surface area contributed by atoms with Crippen LogP contribution < -0.4 is 4.90 Å². The number of hydrogen-bond donors (Lipinski definition) is 0. The molecule has 0 aliphatic carbocycles. The van der Waals surface area contributed by atoms with Gasteiger partial charge in [-0.15, -0.1) is 0 Å². The molecule has 0 bridgehead atoms. The molecular formula is C18H15F3N4O2. The highest BCUT2D eigenvalue weighted by Gasteiger charge is 2.35. The smallest absolute Gasteiger partial charge is 0.433 e. The standard InChI is InChI=1S/C18H15F3N4O2/c19-18(20,21)15-10-16(24-17(23-15)12-4-1-2-6-22-12)25-7-9-27-14(11-25)13-5-3-8-26-13/h1-6,8,10,14H,7,9,11H2. The molecule has 1 atom stereocenters. The van der Waals surface area contributed by atoms with E-state index >= 15 is 0 Å². The van der Waals surface area contributed by atoms with Crippen molar-refractivity contribution in [2.24, 2.45) is 0 Å². The molecular weight excluding hydrogens is 361 g/mol. The van der Waals surface area contributed by atoms with E-state index in [1.165, 1.54) is 12.5 Å². The minimum Gasteiger partial charge on any atom is -0.467 e. The van der Waals surface area contributed by atoms with E-state index in [-0.39, 0.29) is 23.4 Å². The van der Waals surface area contributed by atoms with Gasteiger partial charge in [-0.25, -0.2) is 9.97 Å². The molecule has 140 valence electrons. The molecule has 3 aromatic heterocycles. The first kappa shape index (κ1) is 17.5. The Hall–Kier alpha value is -2.94. The first-order valence-corrected chi connectivity index (χ1v) is 8.28. The number of aromatic nitrogens is 3. The molecule has 0 aromatic carbocycles.